The van der Waals surface area contributed by atoms with Crippen molar-refractivity contribution in [1.29, 1.82) is 0 Å². The van der Waals surface area contributed by atoms with Crippen LogP contribution in [-0.4, -0.2) is 30.1 Å². The number of rotatable bonds is 5. The fourth-order valence-electron chi connectivity index (χ4n) is 4.19. The summed E-state index contributed by atoms with van der Waals surface area (Å²) in [4.78, 5) is 21.4. The van der Waals surface area contributed by atoms with E-state index < -0.39 is 11.7 Å². The zero-order valence-corrected chi connectivity index (χ0v) is 19.9. The summed E-state index contributed by atoms with van der Waals surface area (Å²) in [5.74, 6) is 0.354. The third-order valence-electron chi connectivity index (χ3n) is 6.07. The molecule has 0 saturated heterocycles. The highest BCUT2D eigenvalue weighted by Crippen LogP contribution is 2.30. The number of hydrogen-bond acceptors (Lipinski definition) is 5. The Morgan fingerprint density at radius 3 is 2.51 bits per heavy atom. The van der Waals surface area contributed by atoms with Crippen LogP contribution in [0.1, 0.15) is 32.6 Å². The number of anilines is 2. The van der Waals surface area contributed by atoms with E-state index in [2.05, 4.69) is 20.4 Å². The highest BCUT2D eigenvalue weighted by molar-refractivity contribution is 6.05. The average Bonchev–Trinajstić information content (AvgIpc) is 3.43. The number of amides is 1. The Kier molecular flexibility index (Phi) is 5.90. The number of carbonyl (C=O) groups excluding carboxylic acids is 1. The minimum absolute atomic E-state index is 0.307. The van der Waals surface area contributed by atoms with Crippen LogP contribution in [0.25, 0.3) is 16.8 Å². The number of alkyl halides is 3. The number of nitrogens with zero attached hydrogens (tertiary/aromatic N) is 5. The second-order valence-electron chi connectivity index (χ2n) is 8.73. The van der Waals surface area contributed by atoms with Crippen LogP contribution in [0.3, 0.4) is 0 Å². The van der Waals surface area contributed by atoms with Crippen molar-refractivity contribution in [3.8, 4) is 11.3 Å². The minimum Gasteiger partial charge on any atom is -0.382 e. The number of aryl methyl sites for hydroxylation is 2. The number of nitrogen functional groups attached to an aromatic ring is 1. The Labute approximate surface area is 209 Å². The molecule has 0 spiro atoms. The van der Waals surface area contributed by atoms with E-state index in [0.717, 1.165) is 34.5 Å². The van der Waals surface area contributed by atoms with Gasteiger partial charge in [0.1, 0.15) is 11.8 Å². The number of hydrogen-bond donors (Lipinski definition) is 2. The van der Waals surface area contributed by atoms with Crippen molar-refractivity contribution in [2.24, 2.45) is 0 Å². The molecule has 1 amide bonds. The third kappa shape index (κ3) is 4.75. The van der Waals surface area contributed by atoms with Gasteiger partial charge in [-0.1, -0.05) is 24.3 Å². The van der Waals surface area contributed by atoms with Crippen LogP contribution in [0.2, 0.25) is 0 Å². The molecule has 3 N–H and O–H groups in total. The number of nitrogens with one attached hydrogen (secondary N) is 1. The number of carbonyl (C=O) groups is 1. The SMILES string of the molecule is Cc1ccc(-c2cc(C)c3c(N)ncnn23)cc1C(=O)Nc1cn(Cc2ccc(C(F)(F)F)cc2)cn1. The summed E-state index contributed by atoms with van der Waals surface area (Å²) >= 11 is 0. The van der Waals surface area contributed by atoms with E-state index in [1.54, 1.807) is 21.3 Å². The van der Waals surface area contributed by atoms with Crippen LogP contribution >= 0.6 is 0 Å². The highest BCUT2D eigenvalue weighted by atomic mass is 19.4. The van der Waals surface area contributed by atoms with Crippen LogP contribution in [-0.2, 0) is 12.7 Å². The maximum atomic E-state index is 13.1. The van der Waals surface area contributed by atoms with Crippen molar-refractivity contribution in [3.05, 3.63) is 95.2 Å². The summed E-state index contributed by atoms with van der Waals surface area (Å²) in [5.41, 5.74) is 10.4. The van der Waals surface area contributed by atoms with Gasteiger partial charge < -0.3 is 15.6 Å². The topological polar surface area (TPSA) is 103 Å². The monoisotopic (exact) mass is 505 g/mol. The largest absolute Gasteiger partial charge is 0.416 e. The standard InChI is InChI=1S/C26H22F3N7O/c1-15-3-6-18(21-9-16(2)23-24(30)31-13-33-36(21)23)10-20(15)25(37)34-22-12-35(14-32-22)11-17-4-7-19(8-5-17)26(27,28)29/h3-10,12-14H,11H2,1-2H3,(H,34,37)(H2,30,31,33). The second kappa shape index (κ2) is 9.08. The summed E-state index contributed by atoms with van der Waals surface area (Å²) in [6.45, 7) is 4.06. The second-order valence-corrected chi connectivity index (χ2v) is 8.73. The predicted molar refractivity (Wildman–Crippen MR) is 133 cm³/mol. The lowest BCUT2D eigenvalue weighted by atomic mass is 10.0. The molecule has 188 valence electrons. The first-order valence-electron chi connectivity index (χ1n) is 11.3. The van der Waals surface area contributed by atoms with Gasteiger partial charge in [-0.05, 0) is 54.8 Å². The zero-order valence-electron chi connectivity index (χ0n) is 19.9. The maximum Gasteiger partial charge on any atom is 0.416 e. The number of halogens is 3. The van der Waals surface area contributed by atoms with Gasteiger partial charge in [-0.2, -0.15) is 18.3 Å². The minimum atomic E-state index is -4.38. The Morgan fingerprint density at radius 2 is 1.78 bits per heavy atom. The summed E-state index contributed by atoms with van der Waals surface area (Å²) in [6.07, 6.45) is 0.137. The molecule has 5 rings (SSSR count). The Balaban J connectivity index is 1.35. The van der Waals surface area contributed by atoms with Crippen LogP contribution in [0.4, 0.5) is 24.8 Å². The number of aromatic nitrogens is 5. The average molecular weight is 506 g/mol. The van der Waals surface area contributed by atoms with Crippen molar-refractivity contribution >= 4 is 23.1 Å². The van der Waals surface area contributed by atoms with Crippen molar-refractivity contribution in [3.63, 3.8) is 0 Å². The molecule has 0 radical (unpaired) electrons. The lowest BCUT2D eigenvalue weighted by molar-refractivity contribution is -0.137. The molecule has 5 aromatic rings. The van der Waals surface area contributed by atoms with Gasteiger partial charge in [0.15, 0.2) is 11.6 Å². The van der Waals surface area contributed by atoms with Crippen molar-refractivity contribution in [2.75, 3.05) is 11.1 Å². The van der Waals surface area contributed by atoms with Gasteiger partial charge in [0, 0.05) is 23.9 Å². The van der Waals surface area contributed by atoms with E-state index >= 15 is 0 Å². The van der Waals surface area contributed by atoms with Crippen LogP contribution in [0, 0.1) is 13.8 Å². The molecular formula is C26H22F3N7O. The fraction of sp³-hybridized carbons (Fsp3) is 0.154. The maximum absolute atomic E-state index is 13.1. The molecule has 3 heterocycles. The summed E-state index contributed by atoms with van der Waals surface area (Å²) < 4.78 is 41.7. The van der Waals surface area contributed by atoms with Crippen LogP contribution in [0.5, 0.6) is 0 Å². The first kappa shape index (κ1) is 24.0. The van der Waals surface area contributed by atoms with Gasteiger partial charge >= 0.3 is 6.18 Å². The van der Waals surface area contributed by atoms with Crippen molar-refractivity contribution in [2.45, 2.75) is 26.6 Å². The normalized spacial score (nSPS) is 11.7. The van der Waals surface area contributed by atoms with E-state index in [9.17, 15) is 18.0 Å². The molecule has 8 nitrogen and oxygen atoms in total. The molecule has 3 aromatic heterocycles. The Bertz CT molecular complexity index is 1620. The van der Waals surface area contributed by atoms with Gasteiger partial charge in [0.25, 0.3) is 5.91 Å². The molecule has 0 saturated carbocycles. The van der Waals surface area contributed by atoms with Gasteiger partial charge in [-0.25, -0.2) is 14.5 Å². The number of fused-ring (bicyclic) bond motifs is 1. The van der Waals surface area contributed by atoms with Crippen molar-refractivity contribution in [1.82, 2.24) is 24.1 Å². The molecule has 0 atom stereocenters. The Hall–Kier alpha value is -4.67. The zero-order chi connectivity index (χ0) is 26.3. The molecule has 2 aromatic carbocycles. The van der Waals surface area contributed by atoms with Crippen LogP contribution < -0.4 is 11.1 Å². The van der Waals surface area contributed by atoms with Gasteiger partial charge in [0.2, 0.25) is 0 Å². The van der Waals surface area contributed by atoms with Crippen LogP contribution in [0.15, 0.2) is 67.4 Å². The van der Waals surface area contributed by atoms with E-state index in [0.29, 0.717) is 34.8 Å². The predicted octanol–water partition coefficient (Wildman–Crippen LogP) is 5.11. The van der Waals surface area contributed by atoms with E-state index in [4.69, 9.17) is 5.73 Å². The number of nitrogens with two attached hydrogens (primary N) is 1. The molecule has 11 heteroatoms. The summed E-state index contributed by atoms with van der Waals surface area (Å²) in [5, 5.41) is 7.11. The summed E-state index contributed by atoms with van der Waals surface area (Å²) in [7, 11) is 0. The molecule has 0 aliphatic rings. The third-order valence-corrected chi connectivity index (χ3v) is 6.07. The number of imidazole rings is 1. The molecule has 0 unspecified atom stereocenters. The molecular weight excluding hydrogens is 483 g/mol. The van der Waals surface area contributed by atoms with E-state index in [-0.39, 0.29) is 5.91 Å². The molecule has 37 heavy (non-hydrogen) atoms. The molecule has 0 aliphatic heterocycles. The van der Waals surface area contributed by atoms with Gasteiger partial charge in [-0.3, -0.25) is 4.79 Å². The lowest BCUT2D eigenvalue weighted by Gasteiger charge is -2.09. The van der Waals surface area contributed by atoms with Gasteiger partial charge in [-0.15, -0.1) is 0 Å². The first-order chi connectivity index (χ1) is 17.6. The van der Waals surface area contributed by atoms with Gasteiger partial charge in [0.05, 0.1) is 17.6 Å². The summed E-state index contributed by atoms with van der Waals surface area (Å²) in [6, 6.07) is 12.4. The Morgan fingerprint density at radius 1 is 1.03 bits per heavy atom. The smallest absolute Gasteiger partial charge is 0.382 e. The first-order valence-corrected chi connectivity index (χ1v) is 11.3. The van der Waals surface area contributed by atoms with Crippen molar-refractivity contribution < 1.29 is 18.0 Å². The lowest BCUT2D eigenvalue weighted by Crippen LogP contribution is -2.14. The fourth-order valence-corrected chi connectivity index (χ4v) is 4.19. The highest BCUT2D eigenvalue weighted by Gasteiger charge is 2.29. The van der Waals surface area contributed by atoms with E-state index in [1.807, 2.05) is 32.0 Å². The van der Waals surface area contributed by atoms with E-state index in [1.165, 1.54) is 24.8 Å². The molecule has 0 bridgehead atoms. The molecule has 0 aliphatic carbocycles. The quantitative estimate of drug-likeness (QED) is 0.346. The number of benzene rings is 2. The molecule has 0 fully saturated rings.